The van der Waals surface area contributed by atoms with Crippen molar-refractivity contribution in [2.24, 2.45) is 17.1 Å². The van der Waals surface area contributed by atoms with Crippen LogP contribution in [0.5, 0.6) is 0 Å². The number of hydrogen-bond donors (Lipinski definition) is 1. The lowest BCUT2D eigenvalue weighted by Crippen LogP contribution is -2.46. The molecule has 0 spiro atoms. The maximum absolute atomic E-state index is 11.3. The number of hydrogen-bond acceptors (Lipinski definition) is 2. The lowest BCUT2D eigenvalue weighted by atomic mass is 9.86. The first kappa shape index (κ1) is 13.3. The highest BCUT2D eigenvalue weighted by atomic mass is 79.9. The maximum atomic E-state index is 11.3. The van der Waals surface area contributed by atoms with Gasteiger partial charge in [-0.1, -0.05) is 28.8 Å². The summed E-state index contributed by atoms with van der Waals surface area (Å²) in [5.74, 6) is -0.0356. The zero-order chi connectivity index (χ0) is 12.3. The van der Waals surface area contributed by atoms with Crippen LogP contribution in [0, 0.1) is 11.3 Å². The van der Waals surface area contributed by atoms with Crippen molar-refractivity contribution in [2.75, 3.05) is 25.0 Å². The molecule has 1 saturated carbocycles. The molecule has 2 aliphatic rings. The second kappa shape index (κ2) is 5.70. The fourth-order valence-corrected chi connectivity index (χ4v) is 4.10. The second-order valence-corrected chi connectivity index (χ2v) is 6.38. The summed E-state index contributed by atoms with van der Waals surface area (Å²) in [4.78, 5) is 13.7. The average molecular weight is 303 g/mol. The number of carbonyl (C=O) groups is 1. The van der Waals surface area contributed by atoms with Gasteiger partial charge in [-0.25, -0.2) is 0 Å². The summed E-state index contributed by atoms with van der Waals surface area (Å²) in [6.07, 6.45) is 7.47. The van der Waals surface area contributed by atoms with E-state index in [0.29, 0.717) is 5.41 Å². The molecule has 1 aliphatic heterocycles. The van der Waals surface area contributed by atoms with Gasteiger partial charge in [-0.2, -0.15) is 0 Å². The summed E-state index contributed by atoms with van der Waals surface area (Å²) < 4.78 is 0. The highest BCUT2D eigenvalue weighted by molar-refractivity contribution is 9.09. The van der Waals surface area contributed by atoms with Crippen LogP contribution in [-0.4, -0.2) is 35.8 Å². The van der Waals surface area contributed by atoms with E-state index in [4.69, 9.17) is 5.73 Å². The predicted molar refractivity (Wildman–Crippen MR) is 73.1 cm³/mol. The Labute approximate surface area is 112 Å². The third-order valence-corrected chi connectivity index (χ3v) is 5.60. The number of primary amides is 1. The Morgan fingerprint density at radius 2 is 2.06 bits per heavy atom. The second-order valence-electron chi connectivity index (χ2n) is 5.82. The van der Waals surface area contributed by atoms with Crippen molar-refractivity contribution in [3.05, 3.63) is 0 Å². The van der Waals surface area contributed by atoms with Gasteiger partial charge in [-0.05, 0) is 37.6 Å². The van der Waals surface area contributed by atoms with E-state index in [1.54, 1.807) is 0 Å². The summed E-state index contributed by atoms with van der Waals surface area (Å²) >= 11 is 3.69. The molecule has 1 unspecified atom stereocenters. The van der Waals surface area contributed by atoms with Gasteiger partial charge in [0.05, 0.1) is 5.92 Å². The highest BCUT2D eigenvalue weighted by Gasteiger charge is 2.36. The molecule has 1 saturated heterocycles. The lowest BCUT2D eigenvalue weighted by molar-refractivity contribution is -0.123. The number of piperidine rings is 1. The minimum Gasteiger partial charge on any atom is -0.369 e. The van der Waals surface area contributed by atoms with Crippen LogP contribution in [0.3, 0.4) is 0 Å². The summed E-state index contributed by atoms with van der Waals surface area (Å²) in [5.41, 5.74) is 5.89. The molecule has 0 radical (unpaired) electrons. The Kier molecular flexibility index (Phi) is 4.47. The molecule has 2 rings (SSSR count). The Morgan fingerprint density at radius 1 is 1.35 bits per heavy atom. The minimum atomic E-state index is -0.117. The third kappa shape index (κ3) is 3.22. The predicted octanol–water partition coefficient (Wildman–Crippen LogP) is 2.14. The van der Waals surface area contributed by atoms with Crippen LogP contribution in [0.15, 0.2) is 0 Å². The molecular formula is C13H23BrN2O. The summed E-state index contributed by atoms with van der Waals surface area (Å²) in [6, 6.07) is 0. The molecule has 0 aromatic rings. The van der Waals surface area contributed by atoms with Gasteiger partial charge in [0, 0.05) is 18.4 Å². The molecule has 1 aliphatic carbocycles. The maximum Gasteiger partial charge on any atom is 0.221 e. The molecule has 1 amide bonds. The molecule has 98 valence electrons. The molecular weight excluding hydrogens is 280 g/mol. The minimum absolute atomic E-state index is 0.0810. The standard InChI is InChI=1S/C13H23BrN2O/c14-9-13(5-1-2-6-13)10-16-7-3-4-11(8-16)12(15)17/h11H,1-10H2,(H2,15,17). The summed E-state index contributed by atoms with van der Waals surface area (Å²) in [7, 11) is 0. The van der Waals surface area contributed by atoms with E-state index < -0.39 is 0 Å². The number of amides is 1. The average Bonchev–Trinajstić information content (AvgIpc) is 2.78. The van der Waals surface area contributed by atoms with Gasteiger partial charge in [0.2, 0.25) is 5.91 Å². The van der Waals surface area contributed by atoms with Crippen LogP contribution in [0.4, 0.5) is 0 Å². The van der Waals surface area contributed by atoms with Gasteiger partial charge in [0.1, 0.15) is 0 Å². The number of nitrogens with two attached hydrogens (primary N) is 1. The van der Waals surface area contributed by atoms with Gasteiger partial charge < -0.3 is 10.6 Å². The molecule has 2 N–H and O–H groups in total. The van der Waals surface area contributed by atoms with Gasteiger partial charge >= 0.3 is 0 Å². The molecule has 17 heavy (non-hydrogen) atoms. The van der Waals surface area contributed by atoms with Crippen LogP contribution in [0.25, 0.3) is 0 Å². The molecule has 4 heteroatoms. The van der Waals surface area contributed by atoms with Gasteiger partial charge in [0.25, 0.3) is 0 Å². The lowest BCUT2D eigenvalue weighted by Gasteiger charge is -2.38. The van der Waals surface area contributed by atoms with Crippen LogP contribution in [0.2, 0.25) is 0 Å². The number of carbonyl (C=O) groups excluding carboxylic acids is 1. The molecule has 1 atom stereocenters. The van der Waals surface area contributed by atoms with E-state index in [0.717, 1.165) is 37.8 Å². The van der Waals surface area contributed by atoms with Gasteiger partial charge in [-0.15, -0.1) is 0 Å². The smallest absolute Gasteiger partial charge is 0.221 e. The van der Waals surface area contributed by atoms with Gasteiger partial charge in [-0.3, -0.25) is 4.79 Å². The Bertz CT molecular complexity index is 277. The van der Waals surface area contributed by atoms with Crippen molar-refractivity contribution in [3.63, 3.8) is 0 Å². The normalized spacial score (nSPS) is 29.4. The van der Waals surface area contributed by atoms with E-state index in [1.165, 1.54) is 25.7 Å². The first-order chi connectivity index (χ1) is 8.15. The fourth-order valence-electron chi connectivity index (χ4n) is 3.36. The molecule has 0 aromatic heterocycles. The molecule has 3 nitrogen and oxygen atoms in total. The van der Waals surface area contributed by atoms with E-state index >= 15 is 0 Å². The quantitative estimate of drug-likeness (QED) is 0.809. The van der Waals surface area contributed by atoms with Crippen molar-refractivity contribution in [1.82, 2.24) is 4.90 Å². The van der Waals surface area contributed by atoms with Crippen molar-refractivity contribution >= 4 is 21.8 Å². The largest absolute Gasteiger partial charge is 0.369 e. The summed E-state index contributed by atoms with van der Waals surface area (Å²) in [5, 5.41) is 1.09. The van der Waals surface area contributed by atoms with Crippen LogP contribution < -0.4 is 5.73 Å². The number of rotatable bonds is 4. The van der Waals surface area contributed by atoms with E-state index in [1.807, 2.05) is 0 Å². The zero-order valence-corrected chi connectivity index (χ0v) is 12.0. The van der Waals surface area contributed by atoms with Crippen molar-refractivity contribution in [1.29, 1.82) is 0 Å². The number of likely N-dealkylation sites (tertiary alicyclic amines) is 1. The topological polar surface area (TPSA) is 46.3 Å². The van der Waals surface area contributed by atoms with Crippen LogP contribution in [-0.2, 0) is 4.79 Å². The Hall–Kier alpha value is -0.0900. The first-order valence-corrected chi connectivity index (χ1v) is 7.85. The molecule has 2 fully saturated rings. The number of alkyl halides is 1. The molecule has 0 aromatic carbocycles. The highest BCUT2D eigenvalue weighted by Crippen LogP contribution is 2.40. The van der Waals surface area contributed by atoms with Crippen molar-refractivity contribution < 1.29 is 4.79 Å². The molecule has 0 bridgehead atoms. The number of nitrogens with zero attached hydrogens (tertiary/aromatic N) is 1. The van der Waals surface area contributed by atoms with Crippen LogP contribution >= 0.6 is 15.9 Å². The van der Waals surface area contributed by atoms with E-state index in [2.05, 4.69) is 20.8 Å². The van der Waals surface area contributed by atoms with Crippen molar-refractivity contribution in [3.8, 4) is 0 Å². The monoisotopic (exact) mass is 302 g/mol. The van der Waals surface area contributed by atoms with Gasteiger partial charge in [0.15, 0.2) is 0 Å². The third-order valence-electron chi connectivity index (χ3n) is 4.41. The van der Waals surface area contributed by atoms with Crippen LogP contribution in [0.1, 0.15) is 38.5 Å². The van der Waals surface area contributed by atoms with E-state index in [-0.39, 0.29) is 11.8 Å². The molecule has 1 heterocycles. The number of halogens is 1. The van der Waals surface area contributed by atoms with Crippen molar-refractivity contribution in [2.45, 2.75) is 38.5 Å². The first-order valence-electron chi connectivity index (χ1n) is 6.73. The van der Waals surface area contributed by atoms with E-state index in [9.17, 15) is 4.79 Å². The fraction of sp³-hybridized carbons (Fsp3) is 0.923. The Balaban J connectivity index is 1.91. The zero-order valence-electron chi connectivity index (χ0n) is 10.5. The SMILES string of the molecule is NC(=O)C1CCCN(CC2(CBr)CCCC2)C1. The summed E-state index contributed by atoms with van der Waals surface area (Å²) in [6.45, 7) is 3.16. The Morgan fingerprint density at radius 3 is 2.65 bits per heavy atom.